The predicted octanol–water partition coefficient (Wildman–Crippen LogP) is 4.09. The highest BCUT2D eigenvalue weighted by Crippen LogP contribution is 2.26. The monoisotopic (exact) mass is 371 g/mol. The van der Waals surface area contributed by atoms with Gasteiger partial charge >= 0.3 is 0 Å². The SMILES string of the molecule is CCOc1ccc2nc(SC(C)C(=O)Nc3ccc(OC)cc3)[nH]c2c1. The molecule has 1 heterocycles. The van der Waals surface area contributed by atoms with Crippen LogP contribution in [0.2, 0.25) is 0 Å². The van der Waals surface area contributed by atoms with E-state index in [1.54, 1.807) is 7.11 Å². The first-order valence-electron chi connectivity index (χ1n) is 8.33. The van der Waals surface area contributed by atoms with Gasteiger partial charge in [0.1, 0.15) is 11.5 Å². The topological polar surface area (TPSA) is 76.2 Å². The van der Waals surface area contributed by atoms with Crippen molar-refractivity contribution in [2.24, 2.45) is 0 Å². The number of aromatic nitrogens is 2. The van der Waals surface area contributed by atoms with Crippen LogP contribution in [0.4, 0.5) is 5.69 Å². The molecule has 7 heteroatoms. The van der Waals surface area contributed by atoms with Crippen molar-refractivity contribution in [2.75, 3.05) is 19.0 Å². The molecule has 1 atom stereocenters. The molecule has 2 aromatic carbocycles. The Balaban J connectivity index is 1.65. The first-order chi connectivity index (χ1) is 12.6. The molecular weight excluding hydrogens is 350 g/mol. The number of nitrogens with zero attached hydrogens (tertiary/aromatic N) is 1. The third-order valence-electron chi connectivity index (χ3n) is 3.76. The van der Waals surface area contributed by atoms with Gasteiger partial charge in [0, 0.05) is 11.8 Å². The van der Waals surface area contributed by atoms with Crippen LogP contribution in [-0.2, 0) is 4.79 Å². The average molecular weight is 371 g/mol. The molecule has 0 aliphatic carbocycles. The van der Waals surface area contributed by atoms with E-state index in [1.807, 2.05) is 56.3 Å². The van der Waals surface area contributed by atoms with Gasteiger partial charge in [0.15, 0.2) is 5.16 Å². The molecule has 1 amide bonds. The number of rotatable bonds is 7. The van der Waals surface area contributed by atoms with Crippen molar-refractivity contribution in [3.05, 3.63) is 42.5 Å². The van der Waals surface area contributed by atoms with Crippen LogP contribution in [0.1, 0.15) is 13.8 Å². The maximum absolute atomic E-state index is 12.4. The number of benzene rings is 2. The van der Waals surface area contributed by atoms with Gasteiger partial charge in [-0.25, -0.2) is 4.98 Å². The molecular formula is C19H21N3O3S. The van der Waals surface area contributed by atoms with Crippen LogP contribution in [0.15, 0.2) is 47.6 Å². The Morgan fingerprint density at radius 1 is 1.23 bits per heavy atom. The first-order valence-corrected chi connectivity index (χ1v) is 9.21. The zero-order valence-corrected chi connectivity index (χ0v) is 15.7. The van der Waals surface area contributed by atoms with Crippen molar-refractivity contribution < 1.29 is 14.3 Å². The molecule has 26 heavy (non-hydrogen) atoms. The number of ether oxygens (including phenoxy) is 2. The maximum Gasteiger partial charge on any atom is 0.237 e. The average Bonchev–Trinajstić information content (AvgIpc) is 3.04. The number of methoxy groups -OCH3 is 1. The van der Waals surface area contributed by atoms with Gasteiger partial charge < -0.3 is 19.8 Å². The lowest BCUT2D eigenvalue weighted by Gasteiger charge is -2.11. The van der Waals surface area contributed by atoms with Crippen LogP contribution in [0, 0.1) is 0 Å². The van der Waals surface area contributed by atoms with E-state index < -0.39 is 0 Å². The second-order valence-corrected chi connectivity index (χ2v) is 6.96. The smallest absolute Gasteiger partial charge is 0.237 e. The van der Waals surface area contributed by atoms with Crippen LogP contribution in [0.3, 0.4) is 0 Å². The van der Waals surface area contributed by atoms with Crippen LogP contribution in [-0.4, -0.2) is 34.8 Å². The summed E-state index contributed by atoms with van der Waals surface area (Å²) in [5.74, 6) is 1.46. The highest BCUT2D eigenvalue weighted by atomic mass is 32.2. The van der Waals surface area contributed by atoms with Crippen molar-refractivity contribution >= 4 is 34.4 Å². The summed E-state index contributed by atoms with van der Waals surface area (Å²) in [5.41, 5.74) is 2.47. The highest BCUT2D eigenvalue weighted by Gasteiger charge is 2.17. The molecule has 1 unspecified atom stereocenters. The molecule has 0 aliphatic rings. The minimum atomic E-state index is -0.302. The van der Waals surface area contributed by atoms with E-state index in [1.165, 1.54) is 11.8 Å². The molecule has 0 saturated heterocycles. The van der Waals surface area contributed by atoms with Gasteiger partial charge in [-0.1, -0.05) is 11.8 Å². The standard InChI is InChI=1S/C19H21N3O3S/c1-4-25-15-9-10-16-17(11-15)22-19(21-16)26-12(2)18(23)20-13-5-7-14(24-3)8-6-13/h5-12H,4H2,1-3H3,(H,20,23)(H,21,22). The first kappa shape index (κ1) is 18.1. The number of H-pyrrole nitrogens is 1. The number of anilines is 1. The van der Waals surface area contributed by atoms with Gasteiger partial charge in [-0.3, -0.25) is 4.79 Å². The van der Waals surface area contributed by atoms with E-state index in [9.17, 15) is 4.79 Å². The van der Waals surface area contributed by atoms with Crippen molar-refractivity contribution in [3.63, 3.8) is 0 Å². The Labute approximate surface area is 156 Å². The Kier molecular flexibility index (Phi) is 5.68. The summed E-state index contributed by atoms with van der Waals surface area (Å²) in [6.45, 7) is 4.41. The zero-order chi connectivity index (χ0) is 18.5. The van der Waals surface area contributed by atoms with E-state index in [0.717, 1.165) is 28.2 Å². The Bertz CT molecular complexity index is 893. The van der Waals surface area contributed by atoms with Crippen molar-refractivity contribution in [3.8, 4) is 11.5 Å². The number of thioether (sulfide) groups is 1. The summed E-state index contributed by atoms with van der Waals surface area (Å²) in [7, 11) is 1.61. The fraction of sp³-hybridized carbons (Fsp3) is 0.263. The molecule has 1 aromatic heterocycles. The number of amides is 1. The van der Waals surface area contributed by atoms with Gasteiger partial charge in [-0.15, -0.1) is 0 Å². The second-order valence-electron chi connectivity index (χ2n) is 5.63. The number of carbonyl (C=O) groups excluding carboxylic acids is 1. The number of hydrogen-bond donors (Lipinski definition) is 2. The highest BCUT2D eigenvalue weighted by molar-refractivity contribution is 8.00. The Morgan fingerprint density at radius 3 is 2.65 bits per heavy atom. The van der Waals surface area contributed by atoms with Gasteiger partial charge in [0.05, 0.1) is 30.0 Å². The van der Waals surface area contributed by atoms with Crippen molar-refractivity contribution in [1.29, 1.82) is 0 Å². The summed E-state index contributed by atoms with van der Waals surface area (Å²) in [4.78, 5) is 20.2. The van der Waals surface area contributed by atoms with E-state index in [2.05, 4.69) is 15.3 Å². The van der Waals surface area contributed by atoms with Crippen LogP contribution >= 0.6 is 11.8 Å². The number of fused-ring (bicyclic) bond motifs is 1. The van der Waals surface area contributed by atoms with Gasteiger partial charge in [-0.2, -0.15) is 0 Å². The molecule has 3 aromatic rings. The zero-order valence-electron chi connectivity index (χ0n) is 14.9. The third kappa shape index (κ3) is 4.29. The van der Waals surface area contributed by atoms with E-state index >= 15 is 0 Å². The number of hydrogen-bond acceptors (Lipinski definition) is 5. The fourth-order valence-corrected chi connectivity index (χ4v) is 3.24. The Morgan fingerprint density at radius 2 is 1.96 bits per heavy atom. The predicted molar refractivity (Wildman–Crippen MR) is 104 cm³/mol. The lowest BCUT2D eigenvalue weighted by molar-refractivity contribution is -0.115. The number of imidazole rings is 1. The molecule has 2 N–H and O–H groups in total. The number of carbonyl (C=O) groups is 1. The maximum atomic E-state index is 12.4. The molecule has 3 rings (SSSR count). The summed E-state index contributed by atoms with van der Waals surface area (Å²) in [6.07, 6.45) is 0. The van der Waals surface area contributed by atoms with Crippen LogP contribution in [0.25, 0.3) is 11.0 Å². The third-order valence-corrected chi connectivity index (χ3v) is 4.74. The lowest BCUT2D eigenvalue weighted by Crippen LogP contribution is -2.22. The van der Waals surface area contributed by atoms with Crippen molar-refractivity contribution in [2.45, 2.75) is 24.3 Å². The molecule has 0 saturated carbocycles. The van der Waals surface area contributed by atoms with Gasteiger partial charge in [0.2, 0.25) is 5.91 Å². The van der Waals surface area contributed by atoms with Gasteiger partial charge in [0.25, 0.3) is 0 Å². The van der Waals surface area contributed by atoms with E-state index in [-0.39, 0.29) is 11.2 Å². The molecule has 0 radical (unpaired) electrons. The number of nitrogens with one attached hydrogen (secondary N) is 2. The summed E-state index contributed by atoms with van der Waals surface area (Å²) >= 11 is 1.38. The molecule has 6 nitrogen and oxygen atoms in total. The Hall–Kier alpha value is -2.67. The molecule has 0 aliphatic heterocycles. The summed E-state index contributed by atoms with van der Waals surface area (Å²) in [6, 6.07) is 12.9. The van der Waals surface area contributed by atoms with Crippen LogP contribution < -0.4 is 14.8 Å². The summed E-state index contributed by atoms with van der Waals surface area (Å²) < 4.78 is 10.6. The molecule has 0 spiro atoms. The quantitative estimate of drug-likeness (QED) is 0.612. The normalized spacial score (nSPS) is 12.0. The van der Waals surface area contributed by atoms with Crippen LogP contribution in [0.5, 0.6) is 11.5 Å². The molecule has 136 valence electrons. The second kappa shape index (κ2) is 8.14. The van der Waals surface area contributed by atoms with E-state index in [4.69, 9.17) is 9.47 Å². The minimum absolute atomic E-state index is 0.0874. The molecule has 0 fully saturated rings. The van der Waals surface area contributed by atoms with Crippen molar-refractivity contribution in [1.82, 2.24) is 9.97 Å². The number of aromatic amines is 1. The fourth-order valence-electron chi connectivity index (χ4n) is 2.42. The van der Waals surface area contributed by atoms with E-state index in [0.29, 0.717) is 11.8 Å². The summed E-state index contributed by atoms with van der Waals surface area (Å²) in [5, 5.41) is 3.29. The lowest BCUT2D eigenvalue weighted by atomic mass is 10.3. The molecule has 0 bridgehead atoms. The largest absolute Gasteiger partial charge is 0.497 e. The minimum Gasteiger partial charge on any atom is -0.497 e. The van der Waals surface area contributed by atoms with Gasteiger partial charge in [-0.05, 0) is 50.2 Å².